The number of hydrogen-bond donors (Lipinski definition) is 3. The number of halogens is 3. The maximum Gasteiger partial charge on any atom is 0.210 e. The molecule has 0 fully saturated rings. The minimum Gasteiger partial charge on any atom is -0.320 e. The number of unbranched alkanes of at least 4 members (excludes halogenated alkanes) is 1. The number of benzene rings is 1. The van der Waals surface area contributed by atoms with Gasteiger partial charge in [0.2, 0.25) is 5.96 Å². The highest BCUT2D eigenvalue weighted by Gasteiger charge is 2.11. The number of hydrazine groups is 1. The van der Waals surface area contributed by atoms with Gasteiger partial charge in [-0.15, -0.1) is 0 Å². The molecule has 0 aliphatic heterocycles. The van der Waals surface area contributed by atoms with Gasteiger partial charge in [0.05, 0.1) is 0 Å². The highest BCUT2D eigenvalue weighted by atomic mass is 79.9. The first-order valence-electron chi connectivity index (χ1n) is 5.51. The lowest BCUT2D eigenvalue weighted by Crippen LogP contribution is -2.37. The molecule has 4 nitrogen and oxygen atoms in total. The Bertz CT molecular complexity index is 414. The second kappa shape index (κ2) is 7.27. The Morgan fingerprint density at radius 3 is 2.50 bits per heavy atom. The van der Waals surface area contributed by atoms with Crippen molar-refractivity contribution in [1.29, 1.82) is 0 Å². The van der Waals surface area contributed by atoms with E-state index in [0.29, 0.717) is 11.0 Å². The van der Waals surface area contributed by atoms with Gasteiger partial charge in [0.15, 0.2) is 11.6 Å². The van der Waals surface area contributed by atoms with E-state index in [1.165, 1.54) is 0 Å². The van der Waals surface area contributed by atoms with Crippen LogP contribution in [0.25, 0.3) is 0 Å². The number of aliphatic imine (C=N–C) groups is 1. The first-order chi connectivity index (χ1) is 8.58. The van der Waals surface area contributed by atoms with Crippen LogP contribution in [-0.4, -0.2) is 12.5 Å². The summed E-state index contributed by atoms with van der Waals surface area (Å²) in [4.78, 5) is 4.06. The Hall–Kier alpha value is -1.21. The van der Waals surface area contributed by atoms with E-state index in [9.17, 15) is 8.78 Å². The van der Waals surface area contributed by atoms with Crippen molar-refractivity contribution >= 4 is 27.6 Å². The molecule has 1 rings (SSSR count). The summed E-state index contributed by atoms with van der Waals surface area (Å²) in [6.45, 7) is 2.55. The molecular formula is C11H15BrF2N4. The molecule has 0 aliphatic carbocycles. The van der Waals surface area contributed by atoms with Crippen molar-refractivity contribution in [2.75, 3.05) is 11.9 Å². The Labute approximate surface area is 113 Å². The van der Waals surface area contributed by atoms with E-state index in [0.717, 1.165) is 25.0 Å². The predicted octanol–water partition coefficient (Wildman–Crippen LogP) is 2.76. The van der Waals surface area contributed by atoms with E-state index < -0.39 is 11.6 Å². The predicted molar refractivity (Wildman–Crippen MR) is 72.2 cm³/mol. The fraction of sp³-hybridized carbons (Fsp3) is 0.364. The van der Waals surface area contributed by atoms with Crippen LogP contribution in [0.4, 0.5) is 14.5 Å². The second-order valence-electron chi connectivity index (χ2n) is 3.60. The number of guanidine groups is 1. The zero-order valence-electron chi connectivity index (χ0n) is 9.93. The molecule has 0 amide bonds. The summed E-state index contributed by atoms with van der Waals surface area (Å²) < 4.78 is 27.4. The Morgan fingerprint density at radius 1 is 1.39 bits per heavy atom. The normalized spacial score (nSPS) is 11.5. The van der Waals surface area contributed by atoms with Gasteiger partial charge in [-0.2, -0.15) is 0 Å². The standard InChI is InChI=1S/C11H15BrF2N4/c1-2-3-4-16-11(18-15)17-10-8(13)5-7(12)6-9(10)14/h5-6H,2-4,15H2,1H3,(H2,16,17,18). The summed E-state index contributed by atoms with van der Waals surface area (Å²) in [5.74, 6) is 3.92. The second-order valence-corrected chi connectivity index (χ2v) is 4.51. The number of nitrogens with two attached hydrogens (primary N) is 1. The van der Waals surface area contributed by atoms with Gasteiger partial charge < -0.3 is 5.32 Å². The molecular weight excluding hydrogens is 306 g/mol. The monoisotopic (exact) mass is 320 g/mol. The lowest BCUT2D eigenvalue weighted by molar-refractivity contribution is 0.589. The van der Waals surface area contributed by atoms with Crippen LogP contribution < -0.4 is 16.6 Å². The number of nitrogens with one attached hydrogen (secondary N) is 2. The number of rotatable bonds is 4. The number of anilines is 1. The lowest BCUT2D eigenvalue weighted by atomic mass is 10.3. The molecule has 1 aromatic rings. The van der Waals surface area contributed by atoms with Crippen LogP contribution in [0.15, 0.2) is 21.6 Å². The van der Waals surface area contributed by atoms with Gasteiger partial charge in [0.25, 0.3) is 0 Å². The average Bonchev–Trinajstić information content (AvgIpc) is 2.31. The fourth-order valence-corrected chi connectivity index (χ4v) is 1.65. The van der Waals surface area contributed by atoms with Gasteiger partial charge >= 0.3 is 0 Å². The molecule has 0 saturated carbocycles. The summed E-state index contributed by atoms with van der Waals surface area (Å²) in [5.41, 5.74) is 1.99. The molecule has 0 heterocycles. The molecule has 18 heavy (non-hydrogen) atoms. The topological polar surface area (TPSA) is 62.4 Å². The van der Waals surface area contributed by atoms with Crippen molar-refractivity contribution in [3.63, 3.8) is 0 Å². The van der Waals surface area contributed by atoms with Crippen molar-refractivity contribution < 1.29 is 8.78 Å². The molecule has 0 spiro atoms. The SMILES string of the molecule is CCCCN=C(NN)Nc1c(F)cc(Br)cc1F. The van der Waals surface area contributed by atoms with Gasteiger partial charge in [-0.3, -0.25) is 10.4 Å². The summed E-state index contributed by atoms with van der Waals surface area (Å²) in [7, 11) is 0. The minimum atomic E-state index is -0.722. The number of hydrogen-bond acceptors (Lipinski definition) is 2. The third-order valence-corrected chi connectivity index (χ3v) is 2.63. The van der Waals surface area contributed by atoms with E-state index in [2.05, 4.69) is 31.7 Å². The van der Waals surface area contributed by atoms with E-state index in [4.69, 9.17) is 5.84 Å². The van der Waals surface area contributed by atoms with E-state index >= 15 is 0 Å². The highest BCUT2D eigenvalue weighted by molar-refractivity contribution is 9.10. The Balaban J connectivity index is 2.85. The largest absolute Gasteiger partial charge is 0.320 e. The highest BCUT2D eigenvalue weighted by Crippen LogP contribution is 2.23. The van der Waals surface area contributed by atoms with Crippen molar-refractivity contribution in [3.05, 3.63) is 28.2 Å². The zero-order valence-corrected chi connectivity index (χ0v) is 11.5. The summed E-state index contributed by atoms with van der Waals surface area (Å²) >= 11 is 3.00. The maximum atomic E-state index is 13.5. The molecule has 0 atom stereocenters. The van der Waals surface area contributed by atoms with Crippen LogP contribution in [0.2, 0.25) is 0 Å². The van der Waals surface area contributed by atoms with Crippen molar-refractivity contribution in [2.45, 2.75) is 19.8 Å². The summed E-state index contributed by atoms with van der Waals surface area (Å²) in [6, 6.07) is 2.32. The maximum absolute atomic E-state index is 13.5. The van der Waals surface area contributed by atoms with Crippen LogP contribution in [0, 0.1) is 11.6 Å². The minimum absolute atomic E-state index is 0.128. The molecule has 7 heteroatoms. The summed E-state index contributed by atoms with van der Waals surface area (Å²) in [5, 5.41) is 2.49. The van der Waals surface area contributed by atoms with E-state index in [-0.39, 0.29) is 11.6 Å². The zero-order chi connectivity index (χ0) is 13.5. The van der Waals surface area contributed by atoms with E-state index in [1.54, 1.807) is 0 Å². The van der Waals surface area contributed by atoms with Crippen LogP contribution in [0.1, 0.15) is 19.8 Å². The van der Waals surface area contributed by atoms with Crippen molar-refractivity contribution in [1.82, 2.24) is 5.43 Å². The molecule has 1 aromatic carbocycles. The van der Waals surface area contributed by atoms with Gasteiger partial charge in [-0.1, -0.05) is 29.3 Å². The molecule has 0 aromatic heterocycles. The molecule has 0 unspecified atom stereocenters. The molecule has 100 valence electrons. The molecule has 0 radical (unpaired) electrons. The van der Waals surface area contributed by atoms with Crippen LogP contribution in [0.3, 0.4) is 0 Å². The third-order valence-electron chi connectivity index (χ3n) is 2.17. The Kier molecular flexibility index (Phi) is 6.00. The smallest absolute Gasteiger partial charge is 0.210 e. The van der Waals surface area contributed by atoms with Gasteiger partial charge in [-0.05, 0) is 18.6 Å². The van der Waals surface area contributed by atoms with Gasteiger partial charge in [0.1, 0.15) is 5.69 Å². The average molecular weight is 321 g/mol. The van der Waals surface area contributed by atoms with Crippen molar-refractivity contribution in [3.8, 4) is 0 Å². The lowest BCUT2D eigenvalue weighted by Gasteiger charge is -2.11. The number of nitrogens with zero attached hydrogens (tertiary/aromatic N) is 1. The van der Waals surface area contributed by atoms with Gasteiger partial charge in [0, 0.05) is 11.0 Å². The molecule has 0 aliphatic rings. The van der Waals surface area contributed by atoms with Crippen LogP contribution >= 0.6 is 15.9 Å². The van der Waals surface area contributed by atoms with Crippen LogP contribution in [-0.2, 0) is 0 Å². The molecule has 0 bridgehead atoms. The Morgan fingerprint density at radius 2 is 2.00 bits per heavy atom. The fourth-order valence-electron chi connectivity index (χ4n) is 1.25. The first-order valence-corrected chi connectivity index (χ1v) is 6.30. The van der Waals surface area contributed by atoms with Crippen LogP contribution in [0.5, 0.6) is 0 Å². The summed E-state index contributed by atoms with van der Waals surface area (Å²) in [6.07, 6.45) is 1.85. The molecule has 0 saturated heterocycles. The quantitative estimate of drug-likeness (QED) is 0.263. The molecule has 4 N–H and O–H groups in total. The first kappa shape index (κ1) is 14.8. The van der Waals surface area contributed by atoms with E-state index in [1.807, 2.05) is 6.92 Å². The third kappa shape index (κ3) is 4.23. The van der Waals surface area contributed by atoms with Crippen molar-refractivity contribution in [2.24, 2.45) is 10.8 Å². The van der Waals surface area contributed by atoms with Gasteiger partial charge in [-0.25, -0.2) is 14.6 Å².